The van der Waals surface area contributed by atoms with Crippen LogP contribution in [0.3, 0.4) is 0 Å². The van der Waals surface area contributed by atoms with E-state index in [4.69, 9.17) is 15.2 Å². The van der Waals surface area contributed by atoms with Gasteiger partial charge in [-0.15, -0.1) is 0 Å². The number of ether oxygens (including phenoxy) is 2. The Labute approximate surface area is 112 Å². The molecule has 1 amide bonds. The minimum absolute atomic E-state index is 0.506. The summed E-state index contributed by atoms with van der Waals surface area (Å²) in [5.41, 5.74) is 5.01. The molecule has 0 bridgehead atoms. The number of amides is 1. The number of aldehydes is 1. The molecule has 1 rings (SSSR count). The molecule has 0 heterocycles. The second-order valence-corrected chi connectivity index (χ2v) is 4.82. The van der Waals surface area contributed by atoms with Crippen molar-refractivity contribution in [3.05, 3.63) is 29.8 Å². The first-order valence-corrected chi connectivity index (χ1v) is 6.09. The van der Waals surface area contributed by atoms with E-state index in [-0.39, 0.29) is 0 Å². The molecular weight excluding hydrogens is 246 g/mol. The van der Waals surface area contributed by atoms with E-state index in [9.17, 15) is 9.59 Å². The quantitative estimate of drug-likeness (QED) is 0.607. The number of hydrogen-bond donors (Lipinski definition) is 1. The Morgan fingerprint density at radius 1 is 1.32 bits per heavy atom. The molecule has 0 aromatic heterocycles. The van der Waals surface area contributed by atoms with Gasteiger partial charge in [-0.2, -0.15) is 0 Å². The molecule has 104 valence electrons. The first-order valence-electron chi connectivity index (χ1n) is 6.09. The fraction of sp³-hybridized carbons (Fsp3) is 0.429. The summed E-state index contributed by atoms with van der Waals surface area (Å²) in [5, 5.41) is 0. The van der Waals surface area contributed by atoms with Crippen molar-refractivity contribution in [3.8, 4) is 5.75 Å². The zero-order valence-corrected chi connectivity index (χ0v) is 11.2. The van der Waals surface area contributed by atoms with Crippen LogP contribution >= 0.6 is 0 Å². The SMILES string of the molecule is CC(C)(CCCOc1ccc(C=O)cc1)OC(N)=O. The Balaban J connectivity index is 2.30. The monoisotopic (exact) mass is 265 g/mol. The van der Waals surface area contributed by atoms with Gasteiger partial charge >= 0.3 is 6.09 Å². The fourth-order valence-corrected chi connectivity index (χ4v) is 1.65. The first kappa shape index (κ1) is 15.0. The summed E-state index contributed by atoms with van der Waals surface area (Å²) < 4.78 is 10.5. The minimum atomic E-state index is -0.768. The molecule has 2 N–H and O–H groups in total. The van der Waals surface area contributed by atoms with Crippen molar-refractivity contribution >= 4 is 12.4 Å². The molecule has 0 aliphatic rings. The van der Waals surface area contributed by atoms with E-state index in [0.717, 1.165) is 12.7 Å². The van der Waals surface area contributed by atoms with Crippen molar-refractivity contribution in [3.63, 3.8) is 0 Å². The van der Waals surface area contributed by atoms with Crippen molar-refractivity contribution in [1.82, 2.24) is 0 Å². The van der Waals surface area contributed by atoms with Gasteiger partial charge in [-0.05, 0) is 51.0 Å². The van der Waals surface area contributed by atoms with E-state index in [2.05, 4.69) is 0 Å². The lowest BCUT2D eigenvalue weighted by molar-refractivity contribution is 0.0349. The molecule has 5 heteroatoms. The Kier molecular flexibility index (Phi) is 5.36. The second kappa shape index (κ2) is 6.78. The van der Waals surface area contributed by atoms with Gasteiger partial charge in [-0.3, -0.25) is 4.79 Å². The summed E-state index contributed by atoms with van der Waals surface area (Å²) in [6, 6.07) is 6.88. The van der Waals surface area contributed by atoms with Crippen LogP contribution < -0.4 is 10.5 Å². The molecule has 0 aliphatic heterocycles. The molecule has 19 heavy (non-hydrogen) atoms. The normalized spacial score (nSPS) is 10.8. The molecule has 1 aromatic carbocycles. The highest BCUT2D eigenvalue weighted by Gasteiger charge is 2.20. The lowest BCUT2D eigenvalue weighted by Crippen LogP contribution is -2.31. The summed E-state index contributed by atoms with van der Waals surface area (Å²) in [6.45, 7) is 4.11. The summed E-state index contributed by atoms with van der Waals surface area (Å²) in [7, 11) is 0. The number of carbonyl (C=O) groups excluding carboxylic acids is 2. The van der Waals surface area contributed by atoms with Crippen LogP contribution in [-0.2, 0) is 4.74 Å². The predicted octanol–water partition coefficient (Wildman–Crippen LogP) is 2.53. The second-order valence-electron chi connectivity index (χ2n) is 4.82. The Bertz CT molecular complexity index is 426. The van der Waals surface area contributed by atoms with Crippen LogP contribution in [0.1, 0.15) is 37.0 Å². The van der Waals surface area contributed by atoms with Gasteiger partial charge in [0.1, 0.15) is 17.6 Å². The molecule has 0 aliphatic carbocycles. The molecule has 1 aromatic rings. The highest BCUT2D eigenvalue weighted by Crippen LogP contribution is 2.17. The van der Waals surface area contributed by atoms with Gasteiger partial charge in [0.05, 0.1) is 6.61 Å². The number of nitrogens with two attached hydrogens (primary N) is 1. The average Bonchev–Trinajstić information content (AvgIpc) is 2.34. The van der Waals surface area contributed by atoms with Gasteiger partial charge in [0.25, 0.3) is 0 Å². The van der Waals surface area contributed by atoms with E-state index in [1.54, 1.807) is 38.1 Å². The zero-order chi connectivity index (χ0) is 14.3. The predicted molar refractivity (Wildman–Crippen MR) is 71.3 cm³/mol. The highest BCUT2D eigenvalue weighted by molar-refractivity contribution is 5.74. The molecule has 0 fully saturated rings. The smallest absolute Gasteiger partial charge is 0.405 e. The maximum atomic E-state index is 10.7. The van der Waals surface area contributed by atoms with E-state index < -0.39 is 11.7 Å². The molecule has 0 unspecified atom stereocenters. The molecule has 5 nitrogen and oxygen atoms in total. The Morgan fingerprint density at radius 3 is 2.47 bits per heavy atom. The summed E-state index contributed by atoms with van der Waals surface area (Å²) in [6.07, 6.45) is 1.40. The lowest BCUT2D eigenvalue weighted by Gasteiger charge is -2.23. The Morgan fingerprint density at radius 2 is 1.95 bits per heavy atom. The topological polar surface area (TPSA) is 78.6 Å². The van der Waals surface area contributed by atoms with Crippen LogP contribution in [0.25, 0.3) is 0 Å². The third kappa shape index (κ3) is 5.90. The fourth-order valence-electron chi connectivity index (χ4n) is 1.65. The summed E-state index contributed by atoms with van der Waals surface area (Å²) in [5.74, 6) is 0.708. The number of primary amides is 1. The van der Waals surface area contributed by atoms with Crippen LogP contribution in [0.15, 0.2) is 24.3 Å². The van der Waals surface area contributed by atoms with E-state index in [0.29, 0.717) is 24.3 Å². The molecule has 0 saturated carbocycles. The number of rotatable bonds is 7. The number of benzene rings is 1. The van der Waals surface area contributed by atoms with Crippen LogP contribution in [0.2, 0.25) is 0 Å². The standard InChI is InChI=1S/C14H19NO4/c1-14(2,19-13(15)17)8-3-9-18-12-6-4-11(10-16)5-7-12/h4-7,10H,3,8-9H2,1-2H3,(H2,15,17). The van der Waals surface area contributed by atoms with E-state index >= 15 is 0 Å². The summed E-state index contributed by atoms with van der Waals surface area (Å²) in [4.78, 5) is 21.2. The molecule has 0 radical (unpaired) electrons. The average molecular weight is 265 g/mol. The molecular formula is C14H19NO4. The van der Waals surface area contributed by atoms with Crippen molar-refractivity contribution < 1.29 is 19.1 Å². The lowest BCUT2D eigenvalue weighted by atomic mass is 10.0. The maximum Gasteiger partial charge on any atom is 0.405 e. The number of hydrogen-bond acceptors (Lipinski definition) is 4. The van der Waals surface area contributed by atoms with Crippen LogP contribution in [-0.4, -0.2) is 24.6 Å². The van der Waals surface area contributed by atoms with Crippen molar-refractivity contribution in [2.45, 2.75) is 32.3 Å². The van der Waals surface area contributed by atoms with E-state index in [1.807, 2.05) is 0 Å². The third-order valence-corrected chi connectivity index (χ3v) is 2.58. The minimum Gasteiger partial charge on any atom is -0.494 e. The summed E-state index contributed by atoms with van der Waals surface area (Å²) >= 11 is 0. The van der Waals surface area contributed by atoms with Gasteiger partial charge in [0.2, 0.25) is 0 Å². The van der Waals surface area contributed by atoms with Gasteiger partial charge < -0.3 is 15.2 Å². The third-order valence-electron chi connectivity index (χ3n) is 2.58. The number of carbonyl (C=O) groups is 2. The van der Waals surface area contributed by atoms with Gasteiger partial charge in [0, 0.05) is 5.56 Å². The van der Waals surface area contributed by atoms with E-state index in [1.165, 1.54) is 0 Å². The van der Waals surface area contributed by atoms with Crippen LogP contribution in [0, 0.1) is 0 Å². The molecule has 0 atom stereocenters. The van der Waals surface area contributed by atoms with Crippen LogP contribution in [0.4, 0.5) is 4.79 Å². The van der Waals surface area contributed by atoms with Crippen molar-refractivity contribution in [2.75, 3.05) is 6.61 Å². The zero-order valence-electron chi connectivity index (χ0n) is 11.2. The van der Waals surface area contributed by atoms with Crippen LogP contribution in [0.5, 0.6) is 5.75 Å². The largest absolute Gasteiger partial charge is 0.494 e. The van der Waals surface area contributed by atoms with Crippen molar-refractivity contribution in [1.29, 1.82) is 0 Å². The maximum absolute atomic E-state index is 10.7. The molecule has 0 spiro atoms. The van der Waals surface area contributed by atoms with Gasteiger partial charge in [-0.25, -0.2) is 4.79 Å². The molecule has 0 saturated heterocycles. The first-order chi connectivity index (χ1) is 8.93. The van der Waals surface area contributed by atoms with Gasteiger partial charge in [-0.1, -0.05) is 0 Å². The van der Waals surface area contributed by atoms with Crippen molar-refractivity contribution in [2.24, 2.45) is 5.73 Å². The Hall–Kier alpha value is -2.04. The van der Waals surface area contributed by atoms with Gasteiger partial charge in [0.15, 0.2) is 0 Å². The highest BCUT2D eigenvalue weighted by atomic mass is 16.6.